The number of hydrogen-bond donors (Lipinski definition) is 2. The molecule has 0 radical (unpaired) electrons. The van der Waals surface area contributed by atoms with Gasteiger partial charge in [0.15, 0.2) is 0 Å². The molecule has 2 rings (SSSR count). The summed E-state index contributed by atoms with van der Waals surface area (Å²) >= 11 is 0. The van der Waals surface area contributed by atoms with Gasteiger partial charge in [-0.25, -0.2) is 4.79 Å². The zero-order valence-electron chi connectivity index (χ0n) is 12.7. The van der Waals surface area contributed by atoms with E-state index in [2.05, 4.69) is 19.2 Å². The van der Waals surface area contributed by atoms with E-state index in [0.717, 1.165) is 19.3 Å². The fourth-order valence-electron chi connectivity index (χ4n) is 3.58. The molecule has 1 saturated heterocycles. The largest absolute Gasteiger partial charge is 0.481 e. The first-order chi connectivity index (χ1) is 9.40. The van der Waals surface area contributed by atoms with Crippen LogP contribution in [0.15, 0.2) is 0 Å². The normalized spacial score (nSPS) is 31.8. The molecule has 1 aliphatic carbocycles. The van der Waals surface area contributed by atoms with Crippen LogP contribution in [0.5, 0.6) is 0 Å². The summed E-state index contributed by atoms with van der Waals surface area (Å²) in [7, 11) is 0. The average Bonchev–Trinajstić information content (AvgIpc) is 2.94. The number of carbonyl (C=O) groups excluding carboxylic acids is 1. The van der Waals surface area contributed by atoms with E-state index in [4.69, 9.17) is 0 Å². The first-order valence-electron chi connectivity index (χ1n) is 7.69. The lowest BCUT2D eigenvalue weighted by atomic mass is 9.81. The molecular formula is C15H26N2O3. The van der Waals surface area contributed by atoms with E-state index >= 15 is 0 Å². The zero-order chi connectivity index (χ0) is 14.9. The van der Waals surface area contributed by atoms with Crippen LogP contribution in [0.4, 0.5) is 4.79 Å². The fraction of sp³-hybridized carbons (Fsp3) is 0.867. The quantitative estimate of drug-likeness (QED) is 0.831. The Balaban J connectivity index is 1.99. The van der Waals surface area contributed by atoms with E-state index in [9.17, 15) is 14.7 Å². The summed E-state index contributed by atoms with van der Waals surface area (Å²) in [6, 6.07) is 0.0153. The summed E-state index contributed by atoms with van der Waals surface area (Å²) in [4.78, 5) is 25.6. The van der Waals surface area contributed by atoms with Crippen molar-refractivity contribution in [2.45, 2.75) is 52.5 Å². The number of nitrogens with one attached hydrogen (secondary N) is 1. The van der Waals surface area contributed by atoms with Crippen LogP contribution in [-0.4, -0.2) is 41.1 Å². The lowest BCUT2D eigenvalue weighted by molar-refractivity contribution is -0.149. The first-order valence-corrected chi connectivity index (χ1v) is 7.69. The van der Waals surface area contributed by atoms with Crippen LogP contribution >= 0.6 is 0 Å². The summed E-state index contributed by atoms with van der Waals surface area (Å²) < 4.78 is 0. The maximum atomic E-state index is 12.3. The molecule has 1 aliphatic heterocycles. The Kier molecular flexibility index (Phi) is 4.25. The molecule has 5 nitrogen and oxygen atoms in total. The molecule has 4 atom stereocenters. The Morgan fingerprint density at radius 1 is 1.45 bits per heavy atom. The van der Waals surface area contributed by atoms with E-state index in [1.54, 1.807) is 4.90 Å². The molecule has 0 aromatic carbocycles. The number of fused-ring (bicyclic) bond motifs is 1. The van der Waals surface area contributed by atoms with Crippen molar-refractivity contribution in [3.8, 4) is 0 Å². The fourth-order valence-corrected chi connectivity index (χ4v) is 3.58. The summed E-state index contributed by atoms with van der Waals surface area (Å²) in [6.07, 6.45) is 3.62. The molecule has 1 saturated carbocycles. The monoisotopic (exact) mass is 282 g/mol. The Morgan fingerprint density at radius 3 is 2.70 bits per heavy atom. The van der Waals surface area contributed by atoms with Crippen molar-refractivity contribution in [3.63, 3.8) is 0 Å². The van der Waals surface area contributed by atoms with Crippen molar-refractivity contribution >= 4 is 12.0 Å². The number of amides is 2. The highest BCUT2D eigenvalue weighted by molar-refractivity contribution is 5.80. The maximum Gasteiger partial charge on any atom is 0.317 e. The van der Waals surface area contributed by atoms with Gasteiger partial charge in [-0.05, 0) is 31.6 Å². The highest BCUT2D eigenvalue weighted by atomic mass is 16.4. The molecule has 0 aromatic heterocycles. The third kappa shape index (κ3) is 2.50. The minimum absolute atomic E-state index is 0.104. The molecule has 2 unspecified atom stereocenters. The lowest BCUT2D eigenvalue weighted by Crippen LogP contribution is -2.46. The van der Waals surface area contributed by atoms with E-state index in [0.29, 0.717) is 25.4 Å². The van der Waals surface area contributed by atoms with Gasteiger partial charge in [-0.15, -0.1) is 0 Å². The van der Waals surface area contributed by atoms with Crippen LogP contribution in [-0.2, 0) is 4.79 Å². The first kappa shape index (κ1) is 15.1. The predicted octanol–water partition coefficient (Wildman–Crippen LogP) is 2.32. The standard InChI is InChI=1S/C15H26N2O3/c1-4-10(2)11(3)16-14(20)17-8-12-6-5-7-15(12,9-17)13(18)19/h10-12H,4-9H2,1-3H3,(H,16,20)(H,18,19)/t10?,11?,12-,15+/m0/s1. The lowest BCUT2D eigenvalue weighted by Gasteiger charge is -2.26. The molecule has 2 amide bonds. The number of urea groups is 1. The maximum absolute atomic E-state index is 12.3. The highest BCUT2D eigenvalue weighted by Crippen LogP contribution is 2.48. The summed E-state index contributed by atoms with van der Waals surface area (Å²) in [5, 5.41) is 12.5. The number of carbonyl (C=O) groups is 2. The SMILES string of the molecule is CCC(C)C(C)NC(=O)N1C[C@@H]2CCC[C@@]2(C(=O)O)C1. The number of likely N-dealkylation sites (tertiary alicyclic amines) is 1. The second kappa shape index (κ2) is 5.62. The van der Waals surface area contributed by atoms with Gasteiger partial charge in [-0.2, -0.15) is 0 Å². The number of aliphatic carboxylic acids is 1. The molecule has 114 valence electrons. The van der Waals surface area contributed by atoms with Crippen LogP contribution in [0, 0.1) is 17.3 Å². The predicted molar refractivity (Wildman–Crippen MR) is 76.4 cm³/mol. The van der Waals surface area contributed by atoms with Gasteiger partial charge in [0.25, 0.3) is 0 Å². The molecule has 1 heterocycles. The Labute approximate surface area is 120 Å². The number of carboxylic acid groups (broad SMARTS) is 1. The molecule has 2 aliphatic rings. The number of hydrogen-bond acceptors (Lipinski definition) is 2. The van der Waals surface area contributed by atoms with Gasteiger partial charge in [-0.3, -0.25) is 4.79 Å². The van der Waals surface area contributed by atoms with Gasteiger partial charge in [0, 0.05) is 19.1 Å². The van der Waals surface area contributed by atoms with Gasteiger partial charge in [0.2, 0.25) is 0 Å². The smallest absolute Gasteiger partial charge is 0.317 e. The molecule has 0 aromatic rings. The van der Waals surface area contributed by atoms with Crippen molar-refractivity contribution in [2.24, 2.45) is 17.3 Å². The van der Waals surface area contributed by atoms with Crippen molar-refractivity contribution in [1.82, 2.24) is 10.2 Å². The Hall–Kier alpha value is -1.26. The van der Waals surface area contributed by atoms with Gasteiger partial charge >= 0.3 is 12.0 Å². The van der Waals surface area contributed by atoms with E-state index in [1.807, 2.05) is 6.92 Å². The Morgan fingerprint density at radius 2 is 2.15 bits per heavy atom. The number of nitrogens with zero attached hydrogens (tertiary/aromatic N) is 1. The van der Waals surface area contributed by atoms with Crippen molar-refractivity contribution in [2.75, 3.05) is 13.1 Å². The molecule has 2 fully saturated rings. The van der Waals surface area contributed by atoms with E-state index < -0.39 is 11.4 Å². The molecule has 0 bridgehead atoms. The topological polar surface area (TPSA) is 69.6 Å². The molecule has 20 heavy (non-hydrogen) atoms. The van der Waals surface area contributed by atoms with E-state index in [1.165, 1.54) is 0 Å². The highest BCUT2D eigenvalue weighted by Gasteiger charge is 2.55. The molecule has 2 N–H and O–H groups in total. The van der Waals surface area contributed by atoms with Crippen molar-refractivity contribution in [3.05, 3.63) is 0 Å². The second-order valence-corrected chi connectivity index (χ2v) is 6.55. The summed E-state index contributed by atoms with van der Waals surface area (Å²) in [5.74, 6) is -0.176. The van der Waals surface area contributed by atoms with E-state index in [-0.39, 0.29) is 18.0 Å². The van der Waals surface area contributed by atoms with Crippen LogP contribution in [0.3, 0.4) is 0 Å². The van der Waals surface area contributed by atoms with Gasteiger partial charge in [-0.1, -0.05) is 26.7 Å². The van der Waals surface area contributed by atoms with Crippen molar-refractivity contribution < 1.29 is 14.7 Å². The third-order valence-corrected chi connectivity index (χ3v) is 5.43. The molecule has 5 heteroatoms. The summed E-state index contributed by atoms with van der Waals surface area (Å²) in [6.45, 7) is 7.18. The van der Waals surface area contributed by atoms with Crippen LogP contribution in [0.25, 0.3) is 0 Å². The second-order valence-electron chi connectivity index (χ2n) is 6.55. The summed E-state index contributed by atoms with van der Waals surface area (Å²) in [5.41, 5.74) is -0.684. The van der Waals surface area contributed by atoms with Crippen molar-refractivity contribution in [1.29, 1.82) is 0 Å². The third-order valence-electron chi connectivity index (χ3n) is 5.43. The van der Waals surface area contributed by atoms with Gasteiger partial charge in [0.1, 0.15) is 0 Å². The zero-order valence-corrected chi connectivity index (χ0v) is 12.7. The van der Waals surface area contributed by atoms with Gasteiger partial charge < -0.3 is 15.3 Å². The minimum Gasteiger partial charge on any atom is -0.481 e. The number of rotatable bonds is 4. The van der Waals surface area contributed by atoms with Crippen LogP contribution in [0.1, 0.15) is 46.5 Å². The van der Waals surface area contributed by atoms with Gasteiger partial charge in [0.05, 0.1) is 5.41 Å². The minimum atomic E-state index is -0.731. The molecule has 0 spiro atoms. The Bertz CT molecular complexity index is 399. The van der Waals surface area contributed by atoms with Crippen LogP contribution in [0.2, 0.25) is 0 Å². The molecular weight excluding hydrogens is 256 g/mol. The van der Waals surface area contributed by atoms with Crippen LogP contribution < -0.4 is 5.32 Å². The average molecular weight is 282 g/mol. The number of carboxylic acids is 1.